The van der Waals surface area contributed by atoms with E-state index in [1.807, 2.05) is 20.8 Å². The maximum absolute atomic E-state index is 13.8. The first-order valence-electron chi connectivity index (χ1n) is 12.2. The summed E-state index contributed by atoms with van der Waals surface area (Å²) >= 11 is 5.02. The van der Waals surface area contributed by atoms with Crippen molar-refractivity contribution in [3.05, 3.63) is 0 Å². The highest BCUT2D eigenvalue weighted by Gasteiger charge is 2.67. The highest BCUT2D eigenvalue weighted by atomic mass is 32.1. The second-order valence-corrected chi connectivity index (χ2v) is 12.8. The van der Waals surface area contributed by atoms with Crippen LogP contribution < -0.4 is 22.1 Å². The Labute approximate surface area is 207 Å². The van der Waals surface area contributed by atoms with Crippen LogP contribution in [0.5, 0.6) is 0 Å². The van der Waals surface area contributed by atoms with Gasteiger partial charge in [-0.2, -0.15) is 0 Å². The Kier molecular flexibility index (Phi) is 7.26. The van der Waals surface area contributed by atoms with Gasteiger partial charge in [-0.3, -0.25) is 14.4 Å². The molecule has 2 saturated carbocycles. The minimum Gasteiger partial charge on any atom is -0.381 e. The van der Waals surface area contributed by atoms with Crippen LogP contribution in [0.15, 0.2) is 0 Å². The third kappa shape index (κ3) is 5.32. The van der Waals surface area contributed by atoms with E-state index in [-0.39, 0.29) is 27.8 Å². The van der Waals surface area contributed by atoms with Crippen molar-refractivity contribution in [3.8, 4) is 0 Å². The van der Waals surface area contributed by atoms with Gasteiger partial charge >= 0.3 is 0 Å². The zero-order chi connectivity index (χ0) is 25.6. The minimum atomic E-state index is -1.47. The summed E-state index contributed by atoms with van der Waals surface area (Å²) in [5.74, 6) is -1.11. The summed E-state index contributed by atoms with van der Waals surface area (Å²) < 4.78 is 0. The maximum atomic E-state index is 13.8. The van der Waals surface area contributed by atoms with Crippen LogP contribution in [0, 0.1) is 22.2 Å². The number of thiocarbonyl (C=S) groups is 1. The molecule has 5 atom stereocenters. The number of nitrogens with two attached hydrogens (primary N) is 2. The first-order chi connectivity index (χ1) is 15.6. The van der Waals surface area contributed by atoms with Crippen molar-refractivity contribution in [1.82, 2.24) is 15.5 Å². The van der Waals surface area contributed by atoms with Crippen molar-refractivity contribution in [2.24, 2.45) is 33.6 Å². The van der Waals surface area contributed by atoms with E-state index in [4.69, 9.17) is 23.7 Å². The number of nitrogens with one attached hydrogen (secondary N) is 2. The Hall–Kier alpha value is -1.94. The number of carbonyl (C=O) groups excluding carboxylic acids is 3. The Morgan fingerprint density at radius 2 is 1.76 bits per heavy atom. The molecule has 3 rings (SSSR count). The molecule has 2 aliphatic carbocycles. The lowest BCUT2D eigenvalue weighted by Gasteiger charge is -2.36. The normalized spacial score (nSPS) is 28.5. The number of aliphatic hydroxyl groups excluding tert-OH is 1. The zero-order valence-corrected chi connectivity index (χ0v) is 21.8. The summed E-state index contributed by atoms with van der Waals surface area (Å²) in [6, 6.07) is -2.18. The first-order valence-corrected chi connectivity index (χ1v) is 12.6. The van der Waals surface area contributed by atoms with E-state index in [0.717, 1.165) is 25.7 Å². The van der Waals surface area contributed by atoms with E-state index in [2.05, 4.69) is 24.5 Å². The molecule has 3 aliphatic rings. The van der Waals surface area contributed by atoms with E-state index < -0.39 is 35.6 Å². The smallest absolute Gasteiger partial charge is 0.248 e. The number of amides is 3. The molecule has 1 spiro atoms. The number of likely N-dealkylation sites (tertiary alicyclic amines) is 1. The monoisotopic (exact) mass is 495 g/mol. The SMILES string of the molecule is CC(C)(C)[C@H](NC(N)=S)C(=O)N1C[C@@]2(C[C@H]1C(=O)NC(CC1CCC1)C(O)C(N)=O)CC2(C)C. The third-order valence-electron chi connectivity index (χ3n) is 8.32. The van der Waals surface area contributed by atoms with Crippen molar-refractivity contribution in [1.29, 1.82) is 0 Å². The molecule has 0 bridgehead atoms. The van der Waals surface area contributed by atoms with Crippen LogP contribution >= 0.6 is 12.2 Å². The fraction of sp³-hybridized carbons (Fsp3) is 0.833. The van der Waals surface area contributed by atoms with Gasteiger partial charge in [0.15, 0.2) is 11.2 Å². The molecule has 3 amide bonds. The standard InChI is InChI=1S/C24H41N5O4S/c1-22(2,3)17(28-21(26)34)20(33)29-12-24(11-23(24,4)5)10-15(29)19(32)27-14(16(30)18(25)31)9-13-7-6-8-13/h13-17,30H,6-12H2,1-5H3,(H2,25,31)(H,27,32)(H3,26,28,34)/t14?,15-,16?,17+,24+/m0/s1. The summed E-state index contributed by atoms with van der Waals surface area (Å²) in [4.78, 5) is 40.7. The highest BCUT2D eigenvalue weighted by molar-refractivity contribution is 7.80. The van der Waals surface area contributed by atoms with Crippen LogP contribution in [0.1, 0.15) is 73.1 Å². The number of nitrogens with zero attached hydrogens (tertiary/aromatic N) is 1. The van der Waals surface area contributed by atoms with Gasteiger partial charge in [0.05, 0.1) is 6.04 Å². The van der Waals surface area contributed by atoms with Gasteiger partial charge in [-0.1, -0.05) is 53.9 Å². The average Bonchev–Trinajstić information content (AvgIpc) is 3.01. The molecule has 0 aromatic carbocycles. The summed E-state index contributed by atoms with van der Waals surface area (Å²) in [6.07, 6.45) is 3.57. The van der Waals surface area contributed by atoms with Crippen LogP contribution in [-0.2, 0) is 14.4 Å². The van der Waals surface area contributed by atoms with Crippen LogP contribution in [-0.4, -0.2) is 63.6 Å². The zero-order valence-electron chi connectivity index (χ0n) is 21.0. The second-order valence-electron chi connectivity index (χ2n) is 12.3. The first kappa shape index (κ1) is 26.7. The quantitative estimate of drug-likeness (QED) is 0.312. The molecule has 0 radical (unpaired) electrons. The second kappa shape index (κ2) is 9.26. The van der Waals surface area contributed by atoms with Gasteiger partial charge in [-0.25, -0.2) is 0 Å². The van der Waals surface area contributed by atoms with E-state index in [1.165, 1.54) is 0 Å². The Morgan fingerprint density at radius 1 is 1.18 bits per heavy atom. The lowest BCUT2D eigenvalue weighted by molar-refractivity contribution is -0.142. The highest BCUT2D eigenvalue weighted by Crippen LogP contribution is 2.69. The van der Waals surface area contributed by atoms with Gasteiger partial charge < -0.3 is 32.1 Å². The van der Waals surface area contributed by atoms with E-state index in [1.54, 1.807) is 4.90 Å². The molecule has 1 saturated heterocycles. The van der Waals surface area contributed by atoms with Crippen molar-refractivity contribution >= 4 is 35.1 Å². The van der Waals surface area contributed by atoms with Gasteiger partial charge in [0.1, 0.15) is 12.1 Å². The van der Waals surface area contributed by atoms with Crippen LogP contribution in [0.3, 0.4) is 0 Å². The minimum absolute atomic E-state index is 0.0203. The number of carbonyl (C=O) groups is 3. The molecular formula is C24H41N5O4S. The van der Waals surface area contributed by atoms with E-state index in [9.17, 15) is 19.5 Å². The van der Waals surface area contributed by atoms with Gasteiger partial charge in [0, 0.05) is 6.54 Å². The molecule has 9 nitrogen and oxygen atoms in total. The molecule has 192 valence electrons. The predicted molar refractivity (Wildman–Crippen MR) is 133 cm³/mol. The number of primary amides is 1. The fourth-order valence-corrected chi connectivity index (χ4v) is 5.77. The lowest BCUT2D eigenvalue weighted by Crippen LogP contribution is -2.60. The van der Waals surface area contributed by atoms with Crippen LogP contribution in [0.2, 0.25) is 0 Å². The number of rotatable bonds is 8. The predicted octanol–water partition coefficient (Wildman–Crippen LogP) is 0.773. The lowest BCUT2D eigenvalue weighted by atomic mass is 9.79. The number of hydrogen-bond acceptors (Lipinski definition) is 5. The molecule has 10 heteroatoms. The summed E-state index contributed by atoms with van der Waals surface area (Å²) in [5.41, 5.74) is 10.5. The molecule has 1 heterocycles. The molecular weight excluding hydrogens is 454 g/mol. The molecule has 3 fully saturated rings. The Balaban J connectivity index is 1.85. The summed E-state index contributed by atoms with van der Waals surface area (Å²) in [6.45, 7) is 10.5. The number of aliphatic hydroxyl groups is 1. The van der Waals surface area contributed by atoms with Gasteiger partial charge in [0.25, 0.3) is 0 Å². The van der Waals surface area contributed by atoms with Crippen molar-refractivity contribution in [2.45, 2.75) is 97.4 Å². The van der Waals surface area contributed by atoms with Crippen molar-refractivity contribution in [2.75, 3.05) is 6.54 Å². The van der Waals surface area contributed by atoms with Crippen LogP contribution in [0.25, 0.3) is 0 Å². The van der Waals surface area contributed by atoms with E-state index in [0.29, 0.717) is 25.3 Å². The van der Waals surface area contributed by atoms with Gasteiger partial charge in [-0.15, -0.1) is 0 Å². The van der Waals surface area contributed by atoms with Crippen molar-refractivity contribution < 1.29 is 19.5 Å². The third-order valence-corrected chi connectivity index (χ3v) is 8.44. The molecule has 2 unspecified atom stereocenters. The van der Waals surface area contributed by atoms with Gasteiger partial charge in [-0.05, 0) is 53.6 Å². The molecule has 7 N–H and O–H groups in total. The topological polar surface area (TPSA) is 151 Å². The van der Waals surface area contributed by atoms with E-state index >= 15 is 0 Å². The Morgan fingerprint density at radius 3 is 2.18 bits per heavy atom. The summed E-state index contributed by atoms with van der Waals surface area (Å²) in [7, 11) is 0. The maximum Gasteiger partial charge on any atom is 0.248 e. The van der Waals surface area contributed by atoms with Gasteiger partial charge in [0.2, 0.25) is 17.7 Å². The molecule has 0 aromatic heterocycles. The molecule has 1 aliphatic heterocycles. The van der Waals surface area contributed by atoms with Crippen LogP contribution in [0.4, 0.5) is 0 Å². The number of hydrogen-bond donors (Lipinski definition) is 5. The van der Waals surface area contributed by atoms with Crippen molar-refractivity contribution in [3.63, 3.8) is 0 Å². The molecule has 0 aromatic rings. The summed E-state index contributed by atoms with van der Waals surface area (Å²) in [5, 5.41) is 16.2. The average molecular weight is 496 g/mol. The largest absolute Gasteiger partial charge is 0.381 e. The fourth-order valence-electron chi connectivity index (χ4n) is 5.66. The Bertz CT molecular complexity index is 853. The molecule has 34 heavy (non-hydrogen) atoms.